The lowest BCUT2D eigenvalue weighted by Gasteiger charge is -2.35. The van der Waals surface area contributed by atoms with Crippen LogP contribution in [-0.2, 0) is 5.54 Å². The number of hydrogen-bond acceptors (Lipinski definition) is 2. The number of anilines is 1. The van der Waals surface area contributed by atoms with Crippen LogP contribution in [0.15, 0.2) is 78.9 Å². The van der Waals surface area contributed by atoms with Crippen molar-refractivity contribution in [2.75, 3.05) is 5.06 Å². The minimum Gasteiger partial charge on any atom is -0.378 e. The molecule has 0 fully saturated rings. The van der Waals surface area contributed by atoms with E-state index >= 15 is 0 Å². The Labute approximate surface area is 136 Å². The fourth-order valence-electron chi connectivity index (χ4n) is 3.27. The first kappa shape index (κ1) is 13.9. The lowest BCUT2D eigenvalue weighted by atomic mass is 9.84. The third-order valence-electron chi connectivity index (χ3n) is 4.61. The highest BCUT2D eigenvalue weighted by Crippen LogP contribution is 2.48. The van der Waals surface area contributed by atoms with Crippen LogP contribution >= 0.6 is 0 Å². The molecule has 1 unspecified atom stereocenters. The zero-order valence-corrected chi connectivity index (χ0v) is 13.4. The van der Waals surface area contributed by atoms with Gasteiger partial charge in [0.15, 0.2) is 5.75 Å². The van der Waals surface area contributed by atoms with E-state index < -0.39 is 0 Å². The van der Waals surface area contributed by atoms with Gasteiger partial charge in [-0.05, 0) is 37.6 Å². The highest BCUT2D eigenvalue weighted by molar-refractivity contribution is 5.61. The molecular weight excluding hydrogens is 282 g/mol. The Hall–Kier alpha value is -2.74. The van der Waals surface area contributed by atoms with E-state index in [-0.39, 0.29) is 5.54 Å². The summed E-state index contributed by atoms with van der Waals surface area (Å²) in [5.74, 6) is 0.916. The van der Waals surface area contributed by atoms with Gasteiger partial charge in [-0.3, -0.25) is 0 Å². The maximum atomic E-state index is 6.23. The second-order valence-corrected chi connectivity index (χ2v) is 6.16. The number of aryl methyl sites for hydroxylation is 1. The summed E-state index contributed by atoms with van der Waals surface area (Å²) in [6.45, 7) is 4.33. The molecule has 3 aromatic carbocycles. The maximum absolute atomic E-state index is 6.23. The van der Waals surface area contributed by atoms with Crippen LogP contribution in [0.4, 0.5) is 5.69 Å². The van der Waals surface area contributed by atoms with Gasteiger partial charge in [-0.15, -0.1) is 0 Å². The highest BCUT2D eigenvalue weighted by atomic mass is 16.7. The van der Waals surface area contributed by atoms with E-state index in [1.165, 1.54) is 16.7 Å². The van der Waals surface area contributed by atoms with Crippen LogP contribution in [0.2, 0.25) is 0 Å². The standard InChI is InChI=1S/C21H19NO/c1-16-12-14-17(15-13-16)21(2)19-10-6-7-11-20(19)23-22(21)18-8-4-3-5-9-18/h3-15H,1-2H3. The van der Waals surface area contributed by atoms with Crippen LogP contribution in [0.25, 0.3) is 0 Å². The van der Waals surface area contributed by atoms with E-state index in [2.05, 4.69) is 62.4 Å². The SMILES string of the molecule is Cc1ccc(C2(C)c3ccccc3ON2c2ccccc2)cc1. The summed E-state index contributed by atoms with van der Waals surface area (Å²) in [7, 11) is 0. The van der Waals surface area contributed by atoms with Gasteiger partial charge < -0.3 is 4.84 Å². The van der Waals surface area contributed by atoms with Crippen LogP contribution < -0.4 is 9.90 Å². The van der Waals surface area contributed by atoms with Gasteiger partial charge in [0.05, 0.1) is 5.69 Å². The summed E-state index contributed by atoms with van der Waals surface area (Å²) in [5.41, 5.74) is 4.36. The molecule has 23 heavy (non-hydrogen) atoms. The molecule has 0 N–H and O–H groups in total. The molecule has 1 heterocycles. The van der Waals surface area contributed by atoms with Crippen molar-refractivity contribution in [2.24, 2.45) is 0 Å². The van der Waals surface area contributed by atoms with Crippen LogP contribution in [0.1, 0.15) is 23.6 Å². The molecule has 0 aliphatic carbocycles. The Balaban J connectivity index is 1.92. The van der Waals surface area contributed by atoms with Gasteiger partial charge >= 0.3 is 0 Å². The average molecular weight is 301 g/mol. The molecule has 2 nitrogen and oxygen atoms in total. The summed E-state index contributed by atoms with van der Waals surface area (Å²) < 4.78 is 0. The molecule has 0 radical (unpaired) electrons. The number of rotatable bonds is 2. The first-order valence-electron chi connectivity index (χ1n) is 7.89. The van der Waals surface area contributed by atoms with Crippen molar-refractivity contribution in [2.45, 2.75) is 19.4 Å². The normalized spacial score (nSPS) is 19.3. The van der Waals surface area contributed by atoms with Crippen molar-refractivity contribution < 1.29 is 4.84 Å². The third kappa shape index (κ3) is 2.10. The van der Waals surface area contributed by atoms with Crippen LogP contribution in [0.3, 0.4) is 0 Å². The Morgan fingerprint density at radius 1 is 0.783 bits per heavy atom. The monoisotopic (exact) mass is 301 g/mol. The highest BCUT2D eigenvalue weighted by Gasteiger charge is 2.45. The number of hydroxylamine groups is 1. The summed E-state index contributed by atoms with van der Waals surface area (Å²) in [6.07, 6.45) is 0. The fourth-order valence-corrected chi connectivity index (χ4v) is 3.27. The topological polar surface area (TPSA) is 12.5 Å². The maximum Gasteiger partial charge on any atom is 0.161 e. The largest absolute Gasteiger partial charge is 0.378 e. The molecule has 3 aromatic rings. The molecule has 0 bridgehead atoms. The lowest BCUT2D eigenvalue weighted by Crippen LogP contribution is -2.42. The number of nitrogens with zero attached hydrogens (tertiary/aromatic N) is 1. The summed E-state index contributed by atoms with van der Waals surface area (Å²) in [6, 6.07) is 27.2. The zero-order chi connectivity index (χ0) is 15.9. The van der Waals surface area contributed by atoms with Crippen molar-refractivity contribution in [1.82, 2.24) is 0 Å². The van der Waals surface area contributed by atoms with Gasteiger partial charge in [0, 0.05) is 5.56 Å². The molecule has 0 saturated carbocycles. The molecule has 1 aliphatic rings. The van der Waals surface area contributed by atoms with E-state index in [9.17, 15) is 0 Å². The van der Waals surface area contributed by atoms with E-state index in [4.69, 9.17) is 4.84 Å². The average Bonchev–Trinajstić information content (AvgIpc) is 2.91. The van der Waals surface area contributed by atoms with Crippen molar-refractivity contribution in [3.8, 4) is 5.75 Å². The van der Waals surface area contributed by atoms with Crippen LogP contribution in [-0.4, -0.2) is 0 Å². The molecule has 1 atom stereocenters. The first-order chi connectivity index (χ1) is 11.2. The molecule has 0 aromatic heterocycles. The van der Waals surface area contributed by atoms with E-state index in [1.807, 2.05) is 35.4 Å². The van der Waals surface area contributed by atoms with Gasteiger partial charge in [0.1, 0.15) is 5.54 Å². The molecule has 4 rings (SSSR count). The van der Waals surface area contributed by atoms with Gasteiger partial charge in [-0.25, -0.2) is 0 Å². The molecule has 0 spiro atoms. The Kier molecular flexibility index (Phi) is 3.12. The van der Waals surface area contributed by atoms with Gasteiger partial charge in [0.2, 0.25) is 0 Å². The smallest absolute Gasteiger partial charge is 0.161 e. The first-order valence-corrected chi connectivity index (χ1v) is 7.89. The predicted molar refractivity (Wildman–Crippen MR) is 93.6 cm³/mol. The Morgan fingerprint density at radius 2 is 1.43 bits per heavy atom. The van der Waals surface area contributed by atoms with Gasteiger partial charge in [-0.1, -0.05) is 66.2 Å². The number of para-hydroxylation sites is 2. The van der Waals surface area contributed by atoms with Gasteiger partial charge in [0.25, 0.3) is 0 Å². The number of benzene rings is 3. The van der Waals surface area contributed by atoms with Crippen molar-refractivity contribution in [3.05, 3.63) is 95.6 Å². The van der Waals surface area contributed by atoms with Crippen molar-refractivity contribution in [1.29, 1.82) is 0 Å². The molecule has 114 valence electrons. The summed E-state index contributed by atoms with van der Waals surface area (Å²) in [5, 5.41) is 2.02. The number of hydrogen-bond donors (Lipinski definition) is 0. The molecular formula is C21H19NO. The van der Waals surface area contributed by atoms with Gasteiger partial charge in [-0.2, -0.15) is 5.06 Å². The second kappa shape index (κ2) is 5.17. The minimum absolute atomic E-state index is 0.356. The quantitative estimate of drug-likeness (QED) is 0.655. The van der Waals surface area contributed by atoms with E-state index in [0.29, 0.717) is 0 Å². The molecule has 2 heteroatoms. The van der Waals surface area contributed by atoms with E-state index in [0.717, 1.165) is 11.4 Å². The summed E-state index contributed by atoms with van der Waals surface area (Å²) in [4.78, 5) is 6.23. The van der Waals surface area contributed by atoms with Crippen LogP contribution in [0.5, 0.6) is 5.75 Å². The molecule has 0 saturated heterocycles. The Morgan fingerprint density at radius 3 is 2.17 bits per heavy atom. The molecule has 0 amide bonds. The third-order valence-corrected chi connectivity index (χ3v) is 4.61. The zero-order valence-electron chi connectivity index (χ0n) is 13.4. The Bertz CT molecular complexity index is 826. The van der Waals surface area contributed by atoms with Crippen molar-refractivity contribution >= 4 is 5.69 Å². The molecule has 1 aliphatic heterocycles. The number of fused-ring (bicyclic) bond motifs is 1. The minimum atomic E-state index is -0.356. The van der Waals surface area contributed by atoms with Crippen LogP contribution in [0, 0.1) is 6.92 Å². The summed E-state index contributed by atoms with van der Waals surface area (Å²) >= 11 is 0. The van der Waals surface area contributed by atoms with Crippen molar-refractivity contribution in [3.63, 3.8) is 0 Å². The van der Waals surface area contributed by atoms with E-state index in [1.54, 1.807) is 0 Å². The lowest BCUT2D eigenvalue weighted by molar-refractivity contribution is 0.252. The fraction of sp³-hybridized carbons (Fsp3) is 0.143. The predicted octanol–water partition coefficient (Wildman–Crippen LogP) is 5.07. The second-order valence-electron chi connectivity index (χ2n) is 6.16.